The van der Waals surface area contributed by atoms with Gasteiger partial charge in [-0.3, -0.25) is 0 Å². The number of methoxy groups -OCH3 is 1. The first kappa shape index (κ1) is 26.0. The molecule has 0 aliphatic heterocycles. The van der Waals surface area contributed by atoms with Crippen molar-refractivity contribution in [3.8, 4) is 5.75 Å². The molecule has 0 radical (unpaired) electrons. The van der Waals surface area contributed by atoms with E-state index in [4.69, 9.17) is 19.6 Å². The van der Waals surface area contributed by atoms with Crippen molar-refractivity contribution >= 4 is 28.7 Å². The molecular weight excluding hydrogens is 503 g/mol. The van der Waals surface area contributed by atoms with E-state index in [-0.39, 0.29) is 30.9 Å². The van der Waals surface area contributed by atoms with Crippen LogP contribution in [0.4, 0.5) is 10.2 Å². The Labute approximate surface area is 217 Å². The number of hydrogen-bond acceptors (Lipinski definition) is 11. The van der Waals surface area contributed by atoms with Gasteiger partial charge in [0.15, 0.2) is 33.7 Å². The third-order valence-electron chi connectivity index (χ3n) is 6.79. The molecule has 2 fully saturated rings. The summed E-state index contributed by atoms with van der Waals surface area (Å²) in [5, 5.41) is 42.9. The summed E-state index contributed by atoms with van der Waals surface area (Å²) in [6.07, 6.45) is -0.816. The molecule has 2 aromatic heterocycles. The van der Waals surface area contributed by atoms with E-state index >= 15 is 0 Å². The van der Waals surface area contributed by atoms with Crippen molar-refractivity contribution in [1.29, 1.82) is 0 Å². The standard InChI is InChI=1S/C24H31FN6O5S/c1-3-8-37-24-27-22(26-15-10-13(15)12-4-5-14(25)17(9-12)35-2)19-23(28-24)31(30-29-19)16-11-18(36-7-6-32)21(34)20(16)33/h4-5,9,13,15-16,18,20-21,32-34H,3,6-8,10-11H2,1-2H3,(H,26,27,28)/t13-,15+,16+,18-,20-,21+/m0/s1. The highest BCUT2D eigenvalue weighted by Crippen LogP contribution is 2.44. The monoisotopic (exact) mass is 534 g/mol. The minimum absolute atomic E-state index is 0.0653. The van der Waals surface area contributed by atoms with Crippen LogP contribution in [0.1, 0.15) is 43.7 Å². The third-order valence-corrected chi connectivity index (χ3v) is 7.84. The van der Waals surface area contributed by atoms with Gasteiger partial charge >= 0.3 is 0 Å². The number of aromatic nitrogens is 5. The quantitative estimate of drug-likeness (QED) is 0.211. The Kier molecular flexibility index (Phi) is 7.77. The summed E-state index contributed by atoms with van der Waals surface area (Å²) in [6.45, 7) is 1.96. The highest BCUT2D eigenvalue weighted by atomic mass is 32.2. The van der Waals surface area contributed by atoms with Gasteiger partial charge in [0, 0.05) is 24.1 Å². The number of nitrogens with zero attached hydrogens (tertiary/aromatic N) is 5. The van der Waals surface area contributed by atoms with Gasteiger partial charge in [-0.2, -0.15) is 0 Å². The molecule has 11 nitrogen and oxygen atoms in total. The Morgan fingerprint density at radius 1 is 1.22 bits per heavy atom. The number of benzene rings is 1. The molecule has 0 amide bonds. The van der Waals surface area contributed by atoms with Crippen molar-refractivity contribution < 1.29 is 29.2 Å². The number of hydrogen-bond donors (Lipinski definition) is 4. The Balaban J connectivity index is 1.42. The molecule has 2 heterocycles. The topological polar surface area (TPSA) is 148 Å². The summed E-state index contributed by atoms with van der Waals surface area (Å²) >= 11 is 1.51. The lowest BCUT2D eigenvalue weighted by Gasteiger charge is -2.17. The van der Waals surface area contributed by atoms with Crippen LogP contribution < -0.4 is 10.1 Å². The normalized spacial score (nSPS) is 27.1. The zero-order chi connectivity index (χ0) is 26.1. The first-order valence-electron chi connectivity index (χ1n) is 12.4. The van der Waals surface area contributed by atoms with Crippen LogP contribution in [0.25, 0.3) is 11.2 Å². The van der Waals surface area contributed by atoms with Crippen molar-refractivity contribution in [3.05, 3.63) is 29.6 Å². The maximum atomic E-state index is 13.9. The van der Waals surface area contributed by atoms with E-state index in [1.54, 1.807) is 12.1 Å². The number of rotatable bonds is 11. The van der Waals surface area contributed by atoms with Crippen LogP contribution >= 0.6 is 11.8 Å². The zero-order valence-corrected chi connectivity index (χ0v) is 21.4. The number of fused-ring (bicyclic) bond motifs is 1. The predicted octanol–water partition coefficient (Wildman–Crippen LogP) is 1.88. The molecule has 13 heteroatoms. The molecular formula is C24H31FN6O5S. The van der Waals surface area contributed by atoms with E-state index in [1.807, 2.05) is 0 Å². The first-order chi connectivity index (χ1) is 17.9. The van der Waals surface area contributed by atoms with E-state index < -0.39 is 30.2 Å². The Hall–Kier alpha value is -2.58. The fourth-order valence-corrected chi connectivity index (χ4v) is 5.47. The Bertz CT molecular complexity index is 1250. The lowest BCUT2D eigenvalue weighted by Crippen LogP contribution is -2.33. The molecule has 2 saturated carbocycles. The molecule has 2 aliphatic rings. The Morgan fingerprint density at radius 2 is 2.05 bits per heavy atom. The molecule has 6 atom stereocenters. The molecule has 200 valence electrons. The van der Waals surface area contributed by atoms with Crippen molar-refractivity contribution in [3.63, 3.8) is 0 Å². The molecule has 0 unspecified atom stereocenters. The van der Waals surface area contributed by atoms with Gasteiger partial charge in [0.25, 0.3) is 0 Å². The summed E-state index contributed by atoms with van der Waals surface area (Å²) in [5.41, 5.74) is 1.89. The van der Waals surface area contributed by atoms with Gasteiger partial charge in [-0.05, 0) is 30.5 Å². The average Bonchev–Trinajstić information content (AvgIpc) is 3.45. The minimum Gasteiger partial charge on any atom is -0.494 e. The number of aliphatic hydroxyl groups excluding tert-OH is 3. The van der Waals surface area contributed by atoms with Crippen LogP contribution in [0.2, 0.25) is 0 Å². The number of anilines is 1. The number of halogens is 1. The van der Waals surface area contributed by atoms with Crippen LogP contribution in [0.5, 0.6) is 5.75 Å². The summed E-state index contributed by atoms with van der Waals surface area (Å²) in [6, 6.07) is 4.36. The summed E-state index contributed by atoms with van der Waals surface area (Å²) in [4.78, 5) is 9.38. The molecule has 3 aromatic rings. The van der Waals surface area contributed by atoms with E-state index in [0.29, 0.717) is 28.6 Å². The Morgan fingerprint density at radius 3 is 2.81 bits per heavy atom. The molecule has 4 N–H and O–H groups in total. The van der Waals surface area contributed by atoms with E-state index in [0.717, 1.165) is 24.2 Å². The third kappa shape index (κ3) is 5.23. The van der Waals surface area contributed by atoms with Gasteiger partial charge in [0.1, 0.15) is 12.2 Å². The van der Waals surface area contributed by atoms with Crippen LogP contribution in [0, 0.1) is 5.82 Å². The predicted molar refractivity (Wildman–Crippen MR) is 134 cm³/mol. The molecule has 5 rings (SSSR count). The summed E-state index contributed by atoms with van der Waals surface area (Å²) in [5.74, 6) is 1.35. The smallest absolute Gasteiger partial charge is 0.191 e. The molecule has 37 heavy (non-hydrogen) atoms. The summed E-state index contributed by atoms with van der Waals surface area (Å²) in [7, 11) is 1.45. The molecule has 0 saturated heterocycles. The number of thioether (sulfide) groups is 1. The van der Waals surface area contributed by atoms with Crippen LogP contribution in [0.3, 0.4) is 0 Å². The first-order valence-corrected chi connectivity index (χ1v) is 13.4. The van der Waals surface area contributed by atoms with Gasteiger partial charge < -0.3 is 30.1 Å². The number of nitrogens with one attached hydrogen (secondary N) is 1. The zero-order valence-electron chi connectivity index (χ0n) is 20.6. The summed E-state index contributed by atoms with van der Waals surface area (Å²) < 4.78 is 26.0. The molecule has 0 spiro atoms. The van der Waals surface area contributed by atoms with Gasteiger partial charge in [-0.1, -0.05) is 30.0 Å². The highest BCUT2D eigenvalue weighted by Gasteiger charge is 2.45. The van der Waals surface area contributed by atoms with Crippen molar-refractivity contribution in [2.75, 3.05) is 31.4 Å². The lowest BCUT2D eigenvalue weighted by molar-refractivity contribution is -0.0629. The SMILES string of the molecule is CCCSc1nc(N[C@@H]2C[C@H]2c2ccc(F)c(OC)c2)c2nnn([C@@H]3C[C@H](OCCO)[C@@H](O)[C@H]3O)c2n1. The fraction of sp³-hybridized carbons (Fsp3) is 0.583. The van der Waals surface area contributed by atoms with Crippen LogP contribution in [0.15, 0.2) is 23.4 Å². The van der Waals surface area contributed by atoms with E-state index in [1.165, 1.54) is 29.6 Å². The largest absolute Gasteiger partial charge is 0.494 e. The second-order valence-corrected chi connectivity index (χ2v) is 10.4. The molecule has 0 bridgehead atoms. The van der Waals surface area contributed by atoms with Gasteiger partial charge in [-0.15, -0.1) is 5.10 Å². The van der Waals surface area contributed by atoms with Crippen molar-refractivity contribution in [2.24, 2.45) is 0 Å². The van der Waals surface area contributed by atoms with Gasteiger partial charge in [0.2, 0.25) is 0 Å². The van der Waals surface area contributed by atoms with E-state index in [2.05, 4.69) is 27.5 Å². The van der Waals surface area contributed by atoms with Crippen LogP contribution in [-0.4, -0.2) is 90.7 Å². The molecule has 1 aromatic carbocycles. The average molecular weight is 535 g/mol. The number of aliphatic hydroxyl groups is 3. The van der Waals surface area contributed by atoms with Crippen molar-refractivity contribution in [2.45, 2.75) is 67.7 Å². The second-order valence-electron chi connectivity index (χ2n) is 9.31. The number of ether oxygens (including phenoxy) is 2. The van der Waals surface area contributed by atoms with E-state index in [9.17, 15) is 14.6 Å². The van der Waals surface area contributed by atoms with Crippen molar-refractivity contribution in [1.82, 2.24) is 25.0 Å². The fourth-order valence-electron chi connectivity index (χ4n) is 4.78. The highest BCUT2D eigenvalue weighted by molar-refractivity contribution is 7.99. The van der Waals surface area contributed by atoms with Gasteiger partial charge in [0.05, 0.1) is 32.5 Å². The molecule has 2 aliphatic carbocycles. The maximum Gasteiger partial charge on any atom is 0.191 e. The van der Waals surface area contributed by atoms with Crippen LogP contribution in [-0.2, 0) is 4.74 Å². The lowest BCUT2D eigenvalue weighted by atomic mass is 10.1. The minimum atomic E-state index is -1.13. The maximum absolute atomic E-state index is 13.9. The second kappa shape index (κ2) is 11.0. The van der Waals surface area contributed by atoms with Gasteiger partial charge in [-0.25, -0.2) is 19.0 Å².